The second-order valence-electron chi connectivity index (χ2n) is 5.79. The standard InChI is InChI=1S/C18H15NO5/c1-18(10-12-4-2-3-5-14(12)16(22)24-18)17(23)19-13-8-6-11(7-9-13)15(20)21/h2-9H,10H2,1H3,(H,19,23)(H,20,21)/t18-/m1/s1. The topological polar surface area (TPSA) is 92.7 Å². The van der Waals surface area contributed by atoms with Crippen LogP contribution >= 0.6 is 0 Å². The summed E-state index contributed by atoms with van der Waals surface area (Å²) < 4.78 is 5.35. The summed E-state index contributed by atoms with van der Waals surface area (Å²) in [5.41, 5.74) is 0.455. The molecule has 0 unspecified atom stereocenters. The summed E-state index contributed by atoms with van der Waals surface area (Å²) in [6.45, 7) is 1.56. The summed E-state index contributed by atoms with van der Waals surface area (Å²) >= 11 is 0. The molecule has 0 saturated heterocycles. The lowest BCUT2D eigenvalue weighted by Gasteiger charge is -2.33. The van der Waals surface area contributed by atoms with Crippen LogP contribution in [0.25, 0.3) is 0 Å². The molecule has 24 heavy (non-hydrogen) atoms. The average molecular weight is 325 g/mol. The van der Waals surface area contributed by atoms with Gasteiger partial charge >= 0.3 is 11.9 Å². The third-order valence-corrected chi connectivity index (χ3v) is 3.95. The Balaban J connectivity index is 1.80. The Kier molecular flexibility index (Phi) is 3.81. The van der Waals surface area contributed by atoms with Gasteiger partial charge in [-0.1, -0.05) is 18.2 Å². The molecule has 0 bridgehead atoms. The molecule has 0 saturated carbocycles. The summed E-state index contributed by atoms with van der Waals surface area (Å²) in [5.74, 6) is -2.04. The smallest absolute Gasteiger partial charge is 0.339 e. The minimum Gasteiger partial charge on any atom is -0.478 e. The van der Waals surface area contributed by atoms with E-state index in [-0.39, 0.29) is 12.0 Å². The van der Waals surface area contributed by atoms with Crippen LogP contribution in [0.15, 0.2) is 48.5 Å². The zero-order valence-electron chi connectivity index (χ0n) is 12.9. The van der Waals surface area contributed by atoms with Crippen molar-refractivity contribution in [3.05, 3.63) is 65.2 Å². The van der Waals surface area contributed by atoms with Gasteiger partial charge in [0, 0.05) is 12.1 Å². The van der Waals surface area contributed by atoms with E-state index >= 15 is 0 Å². The molecule has 2 N–H and O–H groups in total. The molecule has 1 atom stereocenters. The van der Waals surface area contributed by atoms with Crippen LogP contribution in [0.5, 0.6) is 0 Å². The van der Waals surface area contributed by atoms with Crippen molar-refractivity contribution in [2.45, 2.75) is 18.9 Å². The zero-order valence-corrected chi connectivity index (χ0v) is 12.9. The maximum atomic E-state index is 12.6. The molecule has 3 rings (SSSR count). The summed E-state index contributed by atoms with van der Waals surface area (Å²) in [6, 6.07) is 12.8. The number of carbonyl (C=O) groups excluding carboxylic acids is 2. The third kappa shape index (κ3) is 2.86. The van der Waals surface area contributed by atoms with Crippen LogP contribution in [-0.4, -0.2) is 28.6 Å². The molecule has 0 fully saturated rings. The Morgan fingerprint density at radius 3 is 2.46 bits per heavy atom. The number of esters is 1. The van der Waals surface area contributed by atoms with Crippen molar-refractivity contribution in [2.75, 3.05) is 5.32 Å². The fraction of sp³-hybridized carbons (Fsp3) is 0.167. The fourth-order valence-electron chi connectivity index (χ4n) is 2.62. The second-order valence-corrected chi connectivity index (χ2v) is 5.79. The highest BCUT2D eigenvalue weighted by molar-refractivity contribution is 6.02. The maximum Gasteiger partial charge on any atom is 0.339 e. The molecule has 0 aliphatic carbocycles. The van der Waals surface area contributed by atoms with Crippen LogP contribution in [0.3, 0.4) is 0 Å². The Morgan fingerprint density at radius 2 is 1.79 bits per heavy atom. The van der Waals surface area contributed by atoms with Crippen LogP contribution < -0.4 is 5.32 Å². The van der Waals surface area contributed by atoms with Gasteiger partial charge in [-0.25, -0.2) is 9.59 Å². The molecule has 0 aromatic heterocycles. The number of benzene rings is 2. The fourth-order valence-corrected chi connectivity index (χ4v) is 2.62. The lowest BCUT2D eigenvalue weighted by Crippen LogP contribution is -2.48. The second kappa shape index (κ2) is 5.81. The first-order chi connectivity index (χ1) is 11.4. The molecule has 6 heteroatoms. The van der Waals surface area contributed by atoms with E-state index in [0.717, 1.165) is 5.56 Å². The first-order valence-electron chi connectivity index (χ1n) is 7.35. The largest absolute Gasteiger partial charge is 0.478 e. The third-order valence-electron chi connectivity index (χ3n) is 3.95. The number of ether oxygens (including phenoxy) is 1. The summed E-state index contributed by atoms with van der Waals surface area (Å²) in [6.07, 6.45) is 0.272. The number of rotatable bonds is 3. The van der Waals surface area contributed by atoms with Gasteiger partial charge in [-0.2, -0.15) is 0 Å². The zero-order chi connectivity index (χ0) is 17.3. The summed E-state index contributed by atoms with van der Waals surface area (Å²) in [4.78, 5) is 35.5. The van der Waals surface area contributed by atoms with E-state index in [4.69, 9.17) is 9.84 Å². The lowest BCUT2D eigenvalue weighted by molar-refractivity contribution is -0.134. The van der Waals surface area contributed by atoms with E-state index in [0.29, 0.717) is 11.3 Å². The van der Waals surface area contributed by atoms with Gasteiger partial charge in [0.1, 0.15) is 0 Å². The quantitative estimate of drug-likeness (QED) is 0.846. The molecular weight excluding hydrogens is 310 g/mol. The van der Waals surface area contributed by atoms with Crippen LogP contribution in [-0.2, 0) is 16.0 Å². The first-order valence-corrected chi connectivity index (χ1v) is 7.35. The highest BCUT2D eigenvalue weighted by atomic mass is 16.6. The van der Waals surface area contributed by atoms with Crippen LogP contribution in [0, 0.1) is 0 Å². The monoisotopic (exact) mass is 325 g/mol. The molecule has 1 amide bonds. The molecule has 2 aromatic carbocycles. The van der Waals surface area contributed by atoms with Gasteiger partial charge in [-0.3, -0.25) is 4.79 Å². The van der Waals surface area contributed by atoms with Gasteiger partial charge in [-0.15, -0.1) is 0 Å². The van der Waals surface area contributed by atoms with Gasteiger partial charge in [0.25, 0.3) is 5.91 Å². The van der Waals surface area contributed by atoms with E-state index in [1.807, 2.05) is 0 Å². The van der Waals surface area contributed by atoms with Gasteiger partial charge < -0.3 is 15.2 Å². The predicted molar refractivity (Wildman–Crippen MR) is 86.0 cm³/mol. The summed E-state index contributed by atoms with van der Waals surface area (Å²) in [7, 11) is 0. The number of nitrogens with one attached hydrogen (secondary N) is 1. The van der Waals surface area contributed by atoms with E-state index in [1.54, 1.807) is 31.2 Å². The molecule has 122 valence electrons. The normalized spacial score (nSPS) is 19.1. The Labute approximate surface area is 138 Å². The number of amides is 1. The van der Waals surface area contributed by atoms with Gasteiger partial charge in [-0.05, 0) is 42.8 Å². The highest BCUT2D eigenvalue weighted by Crippen LogP contribution is 2.29. The number of carboxylic acid groups (broad SMARTS) is 1. The number of carbonyl (C=O) groups is 3. The molecule has 1 aliphatic heterocycles. The predicted octanol–water partition coefficient (Wildman–Crippen LogP) is 2.50. The average Bonchev–Trinajstić information content (AvgIpc) is 2.55. The molecule has 0 radical (unpaired) electrons. The van der Waals surface area contributed by atoms with Crippen LogP contribution in [0.1, 0.15) is 33.2 Å². The molecule has 1 aliphatic rings. The highest BCUT2D eigenvalue weighted by Gasteiger charge is 2.42. The summed E-state index contributed by atoms with van der Waals surface area (Å²) in [5, 5.41) is 11.5. The number of carboxylic acids is 1. The van der Waals surface area contributed by atoms with E-state index in [9.17, 15) is 14.4 Å². The van der Waals surface area contributed by atoms with Gasteiger partial charge in [0.05, 0.1) is 11.1 Å². The van der Waals surface area contributed by atoms with Crippen molar-refractivity contribution in [2.24, 2.45) is 0 Å². The molecule has 6 nitrogen and oxygen atoms in total. The van der Waals surface area contributed by atoms with E-state index in [1.165, 1.54) is 24.3 Å². The first kappa shape index (κ1) is 15.7. The van der Waals surface area contributed by atoms with E-state index < -0.39 is 23.4 Å². The van der Waals surface area contributed by atoms with E-state index in [2.05, 4.69) is 5.32 Å². The van der Waals surface area contributed by atoms with Crippen LogP contribution in [0.2, 0.25) is 0 Å². The minimum absolute atomic E-state index is 0.122. The molecule has 0 spiro atoms. The Morgan fingerprint density at radius 1 is 1.12 bits per heavy atom. The molecule has 1 heterocycles. The minimum atomic E-state index is -1.32. The molecule has 2 aromatic rings. The van der Waals surface area contributed by atoms with Crippen LogP contribution in [0.4, 0.5) is 5.69 Å². The number of cyclic esters (lactones) is 1. The Hall–Kier alpha value is -3.15. The van der Waals surface area contributed by atoms with Crippen molar-refractivity contribution >= 4 is 23.5 Å². The number of hydrogen-bond donors (Lipinski definition) is 2. The van der Waals surface area contributed by atoms with Crippen molar-refractivity contribution in [3.63, 3.8) is 0 Å². The van der Waals surface area contributed by atoms with Crippen molar-refractivity contribution in [1.29, 1.82) is 0 Å². The van der Waals surface area contributed by atoms with Crippen molar-refractivity contribution in [1.82, 2.24) is 0 Å². The number of aromatic carboxylic acids is 1. The Bertz CT molecular complexity index is 828. The number of fused-ring (bicyclic) bond motifs is 1. The SMILES string of the molecule is C[C@]1(C(=O)Nc2ccc(C(=O)O)cc2)Cc2ccccc2C(=O)O1. The van der Waals surface area contributed by atoms with Crippen molar-refractivity contribution < 1.29 is 24.2 Å². The van der Waals surface area contributed by atoms with Gasteiger partial charge in [0.15, 0.2) is 5.60 Å². The van der Waals surface area contributed by atoms with Gasteiger partial charge in [0.2, 0.25) is 0 Å². The van der Waals surface area contributed by atoms with Crippen molar-refractivity contribution in [3.8, 4) is 0 Å². The number of anilines is 1. The number of hydrogen-bond acceptors (Lipinski definition) is 4. The maximum absolute atomic E-state index is 12.6. The molecular formula is C18H15NO5. The lowest BCUT2D eigenvalue weighted by atomic mass is 9.89.